The molecule has 2 aromatic rings. The van der Waals surface area contributed by atoms with Crippen molar-refractivity contribution in [3.63, 3.8) is 0 Å². The van der Waals surface area contributed by atoms with Gasteiger partial charge in [0.25, 0.3) is 5.91 Å². The van der Waals surface area contributed by atoms with Gasteiger partial charge in [-0.25, -0.2) is 0 Å². The summed E-state index contributed by atoms with van der Waals surface area (Å²) >= 11 is 1.35. The average Bonchev–Trinajstić information content (AvgIpc) is 3.25. The zero-order chi connectivity index (χ0) is 25.7. The van der Waals surface area contributed by atoms with Gasteiger partial charge in [-0.3, -0.25) is 10.2 Å². The molecule has 2 aliphatic rings. The van der Waals surface area contributed by atoms with Crippen LogP contribution in [0.4, 0.5) is 0 Å². The van der Waals surface area contributed by atoms with Crippen LogP contribution in [-0.2, 0) is 4.79 Å². The molecule has 36 heavy (non-hydrogen) atoms. The molecule has 2 aliphatic heterocycles. The van der Waals surface area contributed by atoms with E-state index in [0.29, 0.717) is 42.1 Å². The number of hydrogen-bond donors (Lipinski definition) is 1. The first-order valence-corrected chi connectivity index (χ1v) is 12.8. The molecule has 0 aliphatic carbocycles. The highest BCUT2D eigenvalue weighted by Gasteiger charge is 2.35. The van der Waals surface area contributed by atoms with E-state index in [1.807, 2.05) is 31.2 Å². The number of ether oxygens (including phenoxy) is 3. The molecule has 1 N–H and O–H groups in total. The predicted molar refractivity (Wildman–Crippen MR) is 144 cm³/mol. The van der Waals surface area contributed by atoms with Crippen molar-refractivity contribution in [2.75, 3.05) is 19.8 Å². The average molecular weight is 507 g/mol. The van der Waals surface area contributed by atoms with Crippen molar-refractivity contribution in [1.82, 2.24) is 5.01 Å². The normalized spacial score (nSPS) is 16.1. The van der Waals surface area contributed by atoms with Gasteiger partial charge in [0.1, 0.15) is 24.0 Å². The number of nitrogens with zero attached hydrogens (tertiary/aromatic N) is 3. The molecule has 0 spiro atoms. The van der Waals surface area contributed by atoms with Crippen molar-refractivity contribution in [2.45, 2.75) is 40.5 Å². The standard InChI is InChI=1S/C27H30N4O4S/c1-5-7-24-30-31-25(28)21(26(32)29-27(31)36-24)15-19-9-11-22(23(16-19)33-6-2)35-13-12-34-20-10-8-17(3)18(4)14-20/h8-11,14-16,28H,5-7,12-13H2,1-4H3. The molecule has 188 valence electrons. The first-order valence-electron chi connectivity index (χ1n) is 12.0. The van der Waals surface area contributed by atoms with E-state index in [1.54, 1.807) is 18.2 Å². The Labute approximate surface area is 215 Å². The number of nitrogens with one attached hydrogen (secondary N) is 1. The molecule has 4 rings (SSSR count). The van der Waals surface area contributed by atoms with Gasteiger partial charge < -0.3 is 14.2 Å². The highest BCUT2D eigenvalue weighted by atomic mass is 32.2. The van der Waals surface area contributed by atoms with Crippen molar-refractivity contribution >= 4 is 39.8 Å². The van der Waals surface area contributed by atoms with Gasteiger partial charge in [-0.05, 0) is 92.4 Å². The number of rotatable bonds is 10. The van der Waals surface area contributed by atoms with E-state index in [2.05, 4.69) is 30.9 Å². The third-order valence-corrected chi connectivity index (χ3v) is 6.60. The van der Waals surface area contributed by atoms with Crippen LogP contribution in [-0.4, -0.2) is 46.8 Å². The monoisotopic (exact) mass is 506 g/mol. The molecule has 0 atom stereocenters. The van der Waals surface area contributed by atoms with Gasteiger partial charge in [0.05, 0.1) is 12.2 Å². The summed E-state index contributed by atoms with van der Waals surface area (Å²) in [7, 11) is 0. The summed E-state index contributed by atoms with van der Waals surface area (Å²) in [5, 5.41) is 15.7. The Bertz CT molecular complexity index is 1270. The van der Waals surface area contributed by atoms with Crippen LogP contribution in [0, 0.1) is 19.3 Å². The summed E-state index contributed by atoms with van der Waals surface area (Å²) in [4.78, 5) is 16.8. The Morgan fingerprint density at radius 3 is 2.56 bits per heavy atom. The highest BCUT2D eigenvalue weighted by molar-refractivity contribution is 8.26. The number of benzene rings is 2. The largest absolute Gasteiger partial charge is 0.490 e. The molecule has 2 aromatic carbocycles. The number of amides is 1. The van der Waals surface area contributed by atoms with Gasteiger partial charge in [0.2, 0.25) is 5.17 Å². The Balaban J connectivity index is 1.45. The molecule has 0 saturated carbocycles. The van der Waals surface area contributed by atoms with Crippen molar-refractivity contribution in [3.8, 4) is 17.2 Å². The summed E-state index contributed by atoms with van der Waals surface area (Å²) in [6.07, 6.45) is 3.36. The molecule has 0 saturated heterocycles. The lowest BCUT2D eigenvalue weighted by Gasteiger charge is -2.20. The van der Waals surface area contributed by atoms with Gasteiger partial charge in [0, 0.05) is 0 Å². The highest BCUT2D eigenvalue weighted by Crippen LogP contribution is 2.32. The van der Waals surface area contributed by atoms with E-state index >= 15 is 0 Å². The number of aryl methyl sites for hydroxylation is 2. The van der Waals surface area contributed by atoms with Crippen LogP contribution in [0.1, 0.15) is 43.4 Å². The summed E-state index contributed by atoms with van der Waals surface area (Å²) in [5.74, 6) is 1.51. The topological polar surface area (TPSA) is 96.6 Å². The number of hydrogen-bond acceptors (Lipinski definition) is 7. The maximum atomic E-state index is 12.7. The Kier molecular flexibility index (Phi) is 8.10. The van der Waals surface area contributed by atoms with Crippen LogP contribution in [0.2, 0.25) is 0 Å². The van der Waals surface area contributed by atoms with Gasteiger partial charge in [0.15, 0.2) is 17.3 Å². The molecule has 0 aromatic heterocycles. The van der Waals surface area contributed by atoms with E-state index in [1.165, 1.54) is 27.9 Å². The maximum absolute atomic E-state index is 12.7. The minimum absolute atomic E-state index is 0.0189. The molecule has 1 amide bonds. The zero-order valence-electron chi connectivity index (χ0n) is 21.0. The predicted octanol–water partition coefficient (Wildman–Crippen LogP) is 5.58. The van der Waals surface area contributed by atoms with Crippen molar-refractivity contribution in [2.24, 2.45) is 10.1 Å². The number of amidine groups is 2. The summed E-state index contributed by atoms with van der Waals surface area (Å²) in [6, 6.07) is 11.4. The quantitative estimate of drug-likeness (QED) is 0.334. The van der Waals surface area contributed by atoms with Crippen molar-refractivity contribution in [3.05, 3.63) is 58.7 Å². The first kappa shape index (κ1) is 25.5. The molecular weight excluding hydrogens is 476 g/mol. The molecule has 8 nitrogen and oxygen atoms in total. The minimum atomic E-state index is -0.450. The number of fused-ring (bicyclic) bond motifs is 1. The van der Waals surface area contributed by atoms with E-state index in [-0.39, 0.29) is 11.4 Å². The third kappa shape index (κ3) is 5.79. The van der Waals surface area contributed by atoms with Gasteiger partial charge in [-0.2, -0.15) is 15.1 Å². The lowest BCUT2D eigenvalue weighted by molar-refractivity contribution is -0.114. The Morgan fingerprint density at radius 2 is 1.81 bits per heavy atom. The summed E-state index contributed by atoms with van der Waals surface area (Å²) < 4.78 is 17.5. The summed E-state index contributed by atoms with van der Waals surface area (Å²) in [6.45, 7) is 9.27. The fraction of sp³-hybridized carbons (Fsp3) is 0.333. The smallest absolute Gasteiger partial charge is 0.283 e. The molecule has 0 fully saturated rings. The molecular formula is C27H30N4O4S. The van der Waals surface area contributed by atoms with Crippen LogP contribution in [0.3, 0.4) is 0 Å². The second-order valence-electron chi connectivity index (χ2n) is 8.35. The van der Waals surface area contributed by atoms with Crippen molar-refractivity contribution < 1.29 is 19.0 Å². The SMILES string of the molecule is CCCC1=NN2C(=N)C(=Cc3ccc(OCCOc4ccc(C)c(C)c4)c(OCC)c3)C(=O)N=C2S1. The molecule has 0 unspecified atom stereocenters. The molecule has 2 heterocycles. The van der Waals surface area contributed by atoms with Crippen LogP contribution in [0.25, 0.3) is 6.08 Å². The van der Waals surface area contributed by atoms with Gasteiger partial charge in [-0.15, -0.1) is 0 Å². The molecule has 9 heteroatoms. The molecule has 0 bridgehead atoms. The number of thioether (sulfide) groups is 1. The minimum Gasteiger partial charge on any atom is -0.490 e. The third-order valence-electron chi connectivity index (χ3n) is 5.63. The van der Waals surface area contributed by atoms with E-state index in [0.717, 1.165) is 23.6 Å². The first-order chi connectivity index (χ1) is 17.4. The Morgan fingerprint density at radius 1 is 1.00 bits per heavy atom. The second-order valence-corrected chi connectivity index (χ2v) is 9.39. The number of aliphatic imine (C=N–C) groups is 1. The fourth-order valence-corrected chi connectivity index (χ4v) is 4.62. The maximum Gasteiger partial charge on any atom is 0.283 e. The van der Waals surface area contributed by atoms with Gasteiger partial charge >= 0.3 is 0 Å². The van der Waals surface area contributed by atoms with E-state index in [4.69, 9.17) is 19.6 Å². The number of carbonyl (C=O) groups excluding carboxylic acids is 1. The zero-order valence-corrected chi connectivity index (χ0v) is 21.8. The van der Waals surface area contributed by atoms with Gasteiger partial charge in [-0.1, -0.05) is 19.1 Å². The van der Waals surface area contributed by atoms with Crippen LogP contribution in [0.5, 0.6) is 17.2 Å². The number of carbonyl (C=O) groups is 1. The second kappa shape index (κ2) is 11.4. The van der Waals surface area contributed by atoms with E-state index in [9.17, 15) is 4.79 Å². The van der Waals surface area contributed by atoms with Crippen molar-refractivity contribution in [1.29, 1.82) is 5.41 Å². The fourth-order valence-electron chi connectivity index (χ4n) is 3.63. The lowest BCUT2D eigenvalue weighted by atomic mass is 10.1. The number of hydrazone groups is 1. The van der Waals surface area contributed by atoms with Crippen LogP contribution >= 0.6 is 11.8 Å². The lowest BCUT2D eigenvalue weighted by Crippen LogP contribution is -2.35. The summed E-state index contributed by atoms with van der Waals surface area (Å²) in [5.41, 5.74) is 3.29. The Hall–Kier alpha value is -3.59. The van der Waals surface area contributed by atoms with E-state index < -0.39 is 5.91 Å². The van der Waals surface area contributed by atoms with Crippen LogP contribution in [0.15, 0.2) is 52.1 Å². The van der Waals surface area contributed by atoms with Crippen LogP contribution < -0.4 is 14.2 Å². The molecule has 0 radical (unpaired) electrons.